The lowest BCUT2D eigenvalue weighted by Gasteiger charge is -2.08. The number of alkyl halides is 2. The van der Waals surface area contributed by atoms with E-state index in [4.69, 9.17) is 9.15 Å². The molecule has 3 aromatic rings. The molecule has 0 aliphatic carbocycles. The summed E-state index contributed by atoms with van der Waals surface area (Å²) in [7, 11) is 0. The lowest BCUT2D eigenvalue weighted by atomic mass is 10.2. The second-order valence-corrected chi connectivity index (χ2v) is 4.31. The molecule has 3 rings (SSSR count). The van der Waals surface area contributed by atoms with Gasteiger partial charge in [0, 0.05) is 5.56 Å². The quantitative estimate of drug-likeness (QED) is 0.694. The van der Waals surface area contributed by atoms with Gasteiger partial charge >= 0.3 is 0 Å². The number of nitrogens with zero attached hydrogens (tertiary/aromatic N) is 5. The molecule has 0 unspecified atom stereocenters. The zero-order valence-electron chi connectivity index (χ0n) is 11.3. The largest absolute Gasteiger partial charge is 0.486 e. The zero-order chi connectivity index (χ0) is 15.4. The highest BCUT2D eigenvalue weighted by Gasteiger charge is 2.11. The molecule has 1 aromatic carbocycles. The number of aromatic nitrogens is 5. The molecule has 0 amide bonds. The number of halogens is 2. The topological polar surface area (TPSA) is 78.9 Å². The molecule has 114 valence electrons. The average Bonchev–Trinajstić information content (AvgIpc) is 3.17. The standard InChI is InChI=1S/C13H11F2N5O2/c14-11(15)5-20-12(16-7-18-20)6-21-10-3-1-9(2-4-10)13-19-17-8-22-13/h1-4,7-8,11H,5-6H2. The average molecular weight is 307 g/mol. The monoisotopic (exact) mass is 307 g/mol. The van der Waals surface area contributed by atoms with E-state index in [2.05, 4.69) is 20.3 Å². The van der Waals surface area contributed by atoms with E-state index in [1.54, 1.807) is 24.3 Å². The van der Waals surface area contributed by atoms with E-state index < -0.39 is 13.0 Å². The Morgan fingerprint density at radius 2 is 2.05 bits per heavy atom. The number of hydrogen-bond acceptors (Lipinski definition) is 6. The first-order chi connectivity index (χ1) is 10.7. The molecule has 9 heteroatoms. The summed E-state index contributed by atoms with van der Waals surface area (Å²) in [6.07, 6.45) is -0.0240. The van der Waals surface area contributed by atoms with E-state index >= 15 is 0 Å². The molecule has 0 saturated heterocycles. The first-order valence-corrected chi connectivity index (χ1v) is 6.36. The summed E-state index contributed by atoms with van der Waals surface area (Å²) in [5.41, 5.74) is 0.755. The summed E-state index contributed by atoms with van der Waals surface area (Å²) in [6.45, 7) is -0.457. The predicted molar refractivity (Wildman–Crippen MR) is 70.1 cm³/mol. The van der Waals surface area contributed by atoms with Crippen molar-refractivity contribution in [3.8, 4) is 17.2 Å². The van der Waals surface area contributed by atoms with Gasteiger partial charge in [0.05, 0.1) is 0 Å². The maximum atomic E-state index is 12.4. The lowest BCUT2D eigenvalue weighted by Crippen LogP contribution is -2.13. The van der Waals surface area contributed by atoms with E-state index in [9.17, 15) is 8.78 Å². The van der Waals surface area contributed by atoms with Crippen LogP contribution in [0.2, 0.25) is 0 Å². The molecule has 0 spiro atoms. The van der Waals surface area contributed by atoms with Crippen molar-refractivity contribution in [3.05, 3.63) is 42.8 Å². The summed E-state index contributed by atoms with van der Waals surface area (Å²) in [5.74, 6) is 1.30. The van der Waals surface area contributed by atoms with Crippen LogP contribution >= 0.6 is 0 Å². The van der Waals surface area contributed by atoms with Crippen molar-refractivity contribution in [3.63, 3.8) is 0 Å². The molecule has 2 heterocycles. The molecule has 0 atom stereocenters. The van der Waals surface area contributed by atoms with E-state index in [1.807, 2.05) is 0 Å². The van der Waals surface area contributed by atoms with Crippen LogP contribution in [0.4, 0.5) is 8.78 Å². The fourth-order valence-electron chi connectivity index (χ4n) is 1.82. The molecule has 2 aromatic heterocycles. The molecule has 0 radical (unpaired) electrons. The Balaban J connectivity index is 1.63. The third-order valence-corrected chi connectivity index (χ3v) is 2.84. The van der Waals surface area contributed by atoms with Gasteiger partial charge in [-0.2, -0.15) is 5.10 Å². The zero-order valence-corrected chi connectivity index (χ0v) is 11.3. The first kappa shape index (κ1) is 14.1. The Morgan fingerprint density at radius 1 is 1.23 bits per heavy atom. The van der Waals surface area contributed by atoms with Crippen LogP contribution in [-0.4, -0.2) is 31.4 Å². The molecule has 0 N–H and O–H groups in total. The van der Waals surface area contributed by atoms with E-state index in [-0.39, 0.29) is 6.61 Å². The molecule has 0 aliphatic rings. The summed E-state index contributed by atoms with van der Waals surface area (Å²) < 4.78 is 36.4. The van der Waals surface area contributed by atoms with E-state index in [0.717, 1.165) is 10.2 Å². The van der Waals surface area contributed by atoms with Crippen LogP contribution in [0.5, 0.6) is 5.75 Å². The molecular formula is C13H11F2N5O2. The van der Waals surface area contributed by atoms with E-state index in [0.29, 0.717) is 17.5 Å². The van der Waals surface area contributed by atoms with Gasteiger partial charge in [-0.3, -0.25) is 0 Å². The van der Waals surface area contributed by atoms with Crippen LogP contribution < -0.4 is 4.74 Å². The third kappa shape index (κ3) is 3.25. The highest BCUT2D eigenvalue weighted by Crippen LogP contribution is 2.20. The van der Waals surface area contributed by atoms with Crippen molar-refractivity contribution >= 4 is 0 Å². The molecule has 22 heavy (non-hydrogen) atoms. The molecule has 0 bridgehead atoms. The Hall–Kier alpha value is -2.84. The Labute approximate surface area is 123 Å². The number of hydrogen-bond donors (Lipinski definition) is 0. The van der Waals surface area contributed by atoms with Crippen molar-refractivity contribution in [1.82, 2.24) is 25.0 Å². The normalized spacial score (nSPS) is 11.0. The van der Waals surface area contributed by atoms with Crippen LogP contribution in [0, 0.1) is 0 Å². The Morgan fingerprint density at radius 3 is 2.73 bits per heavy atom. The van der Waals surface area contributed by atoms with Gasteiger partial charge in [0.25, 0.3) is 6.43 Å². The van der Waals surface area contributed by atoms with Crippen molar-refractivity contribution in [2.24, 2.45) is 0 Å². The molecule has 0 fully saturated rings. The third-order valence-electron chi connectivity index (χ3n) is 2.84. The van der Waals surface area contributed by atoms with Gasteiger partial charge in [-0.1, -0.05) is 0 Å². The van der Waals surface area contributed by atoms with Crippen LogP contribution in [0.3, 0.4) is 0 Å². The van der Waals surface area contributed by atoms with Gasteiger partial charge in [0.2, 0.25) is 12.3 Å². The van der Waals surface area contributed by atoms with Crippen LogP contribution in [-0.2, 0) is 13.2 Å². The lowest BCUT2D eigenvalue weighted by molar-refractivity contribution is 0.118. The Kier molecular flexibility index (Phi) is 4.03. The first-order valence-electron chi connectivity index (χ1n) is 6.36. The fourth-order valence-corrected chi connectivity index (χ4v) is 1.82. The molecule has 7 nitrogen and oxygen atoms in total. The Bertz CT molecular complexity index is 712. The van der Waals surface area contributed by atoms with Gasteiger partial charge in [-0.15, -0.1) is 10.2 Å². The summed E-state index contributed by atoms with van der Waals surface area (Å²) >= 11 is 0. The van der Waals surface area contributed by atoms with E-state index in [1.165, 1.54) is 12.7 Å². The highest BCUT2D eigenvalue weighted by atomic mass is 19.3. The smallest absolute Gasteiger partial charge is 0.257 e. The maximum Gasteiger partial charge on any atom is 0.257 e. The van der Waals surface area contributed by atoms with Crippen LogP contribution in [0.15, 0.2) is 41.4 Å². The minimum Gasteiger partial charge on any atom is -0.486 e. The van der Waals surface area contributed by atoms with Crippen molar-refractivity contribution in [2.45, 2.75) is 19.6 Å². The minimum atomic E-state index is -2.49. The van der Waals surface area contributed by atoms with Crippen molar-refractivity contribution in [2.75, 3.05) is 0 Å². The highest BCUT2D eigenvalue weighted by molar-refractivity contribution is 5.53. The van der Waals surface area contributed by atoms with Crippen LogP contribution in [0.25, 0.3) is 11.5 Å². The number of benzene rings is 1. The predicted octanol–water partition coefficient (Wildman–Crippen LogP) is 2.17. The summed E-state index contributed by atoms with van der Waals surface area (Å²) in [6, 6.07) is 6.94. The van der Waals surface area contributed by atoms with Gasteiger partial charge in [0.1, 0.15) is 25.2 Å². The molecule has 0 saturated carbocycles. The molecule has 0 aliphatic heterocycles. The van der Waals surface area contributed by atoms with Crippen molar-refractivity contribution < 1.29 is 17.9 Å². The van der Waals surface area contributed by atoms with Gasteiger partial charge in [-0.05, 0) is 24.3 Å². The fraction of sp³-hybridized carbons (Fsp3) is 0.231. The van der Waals surface area contributed by atoms with Gasteiger partial charge < -0.3 is 9.15 Å². The van der Waals surface area contributed by atoms with Crippen molar-refractivity contribution in [1.29, 1.82) is 0 Å². The maximum absolute atomic E-state index is 12.4. The number of rotatable bonds is 6. The second-order valence-electron chi connectivity index (χ2n) is 4.31. The van der Waals surface area contributed by atoms with Gasteiger partial charge in [-0.25, -0.2) is 18.4 Å². The van der Waals surface area contributed by atoms with Gasteiger partial charge in [0.15, 0.2) is 5.82 Å². The second kappa shape index (κ2) is 6.29. The SMILES string of the molecule is FC(F)Cn1ncnc1COc1ccc(-c2nnco2)cc1. The molecular weight excluding hydrogens is 296 g/mol. The minimum absolute atomic E-state index is 0.0482. The number of ether oxygens (including phenoxy) is 1. The van der Waals surface area contributed by atoms with Crippen LogP contribution in [0.1, 0.15) is 5.82 Å². The summed E-state index contributed by atoms with van der Waals surface area (Å²) in [4.78, 5) is 3.90. The summed E-state index contributed by atoms with van der Waals surface area (Å²) in [5, 5.41) is 11.1.